The molecule has 2 aromatic rings. The first-order valence-corrected chi connectivity index (χ1v) is 4.79. The fourth-order valence-electron chi connectivity index (χ4n) is 1.40. The zero-order chi connectivity index (χ0) is 10.6. The Morgan fingerprint density at radius 1 is 1.29 bits per heavy atom. The molecule has 0 unspecified atom stereocenters. The largest absolute Gasteiger partial charge is 0.361 e. The maximum absolute atomic E-state index is 8.81. The van der Waals surface area contributed by atoms with Gasteiger partial charge in [-0.2, -0.15) is 5.26 Å². The van der Waals surface area contributed by atoms with Crippen LogP contribution in [0.4, 0.5) is 0 Å². The first kappa shape index (κ1) is 10.3. The Hall–Kier alpha value is -1.75. The van der Waals surface area contributed by atoms with Crippen molar-refractivity contribution in [3.63, 3.8) is 0 Å². The SMILES string of the molecule is CC.Cc1cc(C#N)c2cc[nH]c2c1. The van der Waals surface area contributed by atoms with Crippen molar-refractivity contribution in [1.29, 1.82) is 5.26 Å². The van der Waals surface area contributed by atoms with Crippen molar-refractivity contribution >= 4 is 10.9 Å². The van der Waals surface area contributed by atoms with Crippen molar-refractivity contribution in [3.05, 3.63) is 35.5 Å². The van der Waals surface area contributed by atoms with Gasteiger partial charge in [0.15, 0.2) is 0 Å². The van der Waals surface area contributed by atoms with Gasteiger partial charge < -0.3 is 4.98 Å². The van der Waals surface area contributed by atoms with Crippen molar-refractivity contribution in [2.24, 2.45) is 0 Å². The van der Waals surface area contributed by atoms with Crippen molar-refractivity contribution < 1.29 is 0 Å². The molecule has 0 aliphatic rings. The molecule has 0 atom stereocenters. The van der Waals surface area contributed by atoms with E-state index in [9.17, 15) is 0 Å². The van der Waals surface area contributed by atoms with Crippen LogP contribution in [0.1, 0.15) is 25.0 Å². The number of H-pyrrole nitrogens is 1. The van der Waals surface area contributed by atoms with Gasteiger partial charge in [-0.15, -0.1) is 0 Å². The number of hydrogen-bond donors (Lipinski definition) is 1. The molecule has 2 rings (SSSR count). The third-order valence-corrected chi connectivity index (χ3v) is 1.93. The van der Waals surface area contributed by atoms with E-state index in [2.05, 4.69) is 11.1 Å². The molecular formula is C12H14N2. The second-order valence-electron chi connectivity index (χ2n) is 2.86. The Morgan fingerprint density at radius 3 is 2.64 bits per heavy atom. The highest BCUT2D eigenvalue weighted by atomic mass is 14.7. The summed E-state index contributed by atoms with van der Waals surface area (Å²) in [5.41, 5.74) is 2.89. The van der Waals surface area contributed by atoms with Gasteiger partial charge in [-0.25, -0.2) is 0 Å². The van der Waals surface area contributed by atoms with Crippen LogP contribution < -0.4 is 0 Å². The highest BCUT2D eigenvalue weighted by molar-refractivity contribution is 5.85. The lowest BCUT2D eigenvalue weighted by atomic mass is 10.1. The van der Waals surface area contributed by atoms with E-state index in [-0.39, 0.29) is 0 Å². The van der Waals surface area contributed by atoms with Crippen LogP contribution in [0.5, 0.6) is 0 Å². The third-order valence-electron chi connectivity index (χ3n) is 1.93. The van der Waals surface area contributed by atoms with Gasteiger partial charge in [0.1, 0.15) is 0 Å². The Labute approximate surface area is 84.2 Å². The molecule has 14 heavy (non-hydrogen) atoms. The molecule has 1 N–H and O–H groups in total. The van der Waals surface area contributed by atoms with Gasteiger partial charge in [-0.1, -0.05) is 13.8 Å². The molecule has 0 saturated carbocycles. The molecule has 0 radical (unpaired) electrons. The standard InChI is InChI=1S/C10H8N2.C2H6/c1-7-4-8(6-11)9-2-3-12-10(9)5-7;1-2/h2-5,12H,1H3;1-2H3. The van der Waals surface area contributed by atoms with Crippen LogP contribution in [0.25, 0.3) is 10.9 Å². The Balaban J connectivity index is 0.000000461. The van der Waals surface area contributed by atoms with E-state index >= 15 is 0 Å². The Morgan fingerprint density at radius 2 is 2.00 bits per heavy atom. The molecule has 2 nitrogen and oxygen atoms in total. The van der Waals surface area contributed by atoms with Crippen LogP contribution in [0.3, 0.4) is 0 Å². The third kappa shape index (κ3) is 1.77. The van der Waals surface area contributed by atoms with E-state index in [1.807, 2.05) is 45.2 Å². The molecule has 72 valence electrons. The van der Waals surface area contributed by atoms with E-state index in [0.717, 1.165) is 22.0 Å². The fourth-order valence-corrected chi connectivity index (χ4v) is 1.40. The molecule has 0 saturated heterocycles. The van der Waals surface area contributed by atoms with Crippen LogP contribution in [0.2, 0.25) is 0 Å². The van der Waals surface area contributed by atoms with Gasteiger partial charge >= 0.3 is 0 Å². The van der Waals surface area contributed by atoms with E-state index in [0.29, 0.717) is 0 Å². The molecule has 0 aliphatic carbocycles. The number of nitriles is 1. The molecule has 0 amide bonds. The molecule has 0 spiro atoms. The number of fused-ring (bicyclic) bond motifs is 1. The Kier molecular flexibility index (Phi) is 3.30. The number of aromatic nitrogens is 1. The minimum Gasteiger partial charge on any atom is -0.361 e. The predicted molar refractivity (Wildman–Crippen MR) is 59.1 cm³/mol. The van der Waals surface area contributed by atoms with Crippen molar-refractivity contribution in [3.8, 4) is 6.07 Å². The van der Waals surface area contributed by atoms with E-state index in [4.69, 9.17) is 5.26 Å². The number of benzene rings is 1. The molecule has 1 aromatic heterocycles. The zero-order valence-corrected chi connectivity index (χ0v) is 8.76. The van der Waals surface area contributed by atoms with Crippen LogP contribution in [-0.2, 0) is 0 Å². The van der Waals surface area contributed by atoms with E-state index in [1.54, 1.807) is 0 Å². The van der Waals surface area contributed by atoms with Gasteiger partial charge in [-0.3, -0.25) is 0 Å². The van der Waals surface area contributed by atoms with Gasteiger partial charge in [-0.05, 0) is 30.7 Å². The topological polar surface area (TPSA) is 39.6 Å². The summed E-state index contributed by atoms with van der Waals surface area (Å²) in [6, 6.07) is 8.04. The second kappa shape index (κ2) is 4.48. The molecule has 0 aliphatic heterocycles. The second-order valence-corrected chi connectivity index (χ2v) is 2.86. The molecule has 1 heterocycles. The number of aryl methyl sites for hydroxylation is 1. The summed E-state index contributed by atoms with van der Waals surface area (Å²) in [7, 11) is 0. The first-order chi connectivity index (χ1) is 6.81. The summed E-state index contributed by atoms with van der Waals surface area (Å²) in [5, 5.41) is 9.82. The van der Waals surface area contributed by atoms with Crippen molar-refractivity contribution in [2.75, 3.05) is 0 Å². The first-order valence-electron chi connectivity index (χ1n) is 4.79. The maximum atomic E-state index is 8.81. The minimum atomic E-state index is 0.742. The lowest BCUT2D eigenvalue weighted by molar-refractivity contribution is 1.42. The highest BCUT2D eigenvalue weighted by Gasteiger charge is 2.01. The maximum Gasteiger partial charge on any atom is 0.0998 e. The highest BCUT2D eigenvalue weighted by Crippen LogP contribution is 2.18. The molecule has 2 heteroatoms. The lowest BCUT2D eigenvalue weighted by Crippen LogP contribution is -1.79. The quantitative estimate of drug-likeness (QED) is 0.673. The monoisotopic (exact) mass is 186 g/mol. The average Bonchev–Trinajstić information content (AvgIpc) is 2.67. The zero-order valence-electron chi connectivity index (χ0n) is 8.76. The minimum absolute atomic E-state index is 0.742. The summed E-state index contributed by atoms with van der Waals surface area (Å²) in [4.78, 5) is 3.08. The Bertz CT molecular complexity index is 461. The summed E-state index contributed by atoms with van der Waals surface area (Å²) >= 11 is 0. The normalized spacial score (nSPS) is 9.00. The van der Waals surface area contributed by atoms with Gasteiger partial charge in [0.05, 0.1) is 11.6 Å². The lowest BCUT2D eigenvalue weighted by Gasteiger charge is -1.95. The van der Waals surface area contributed by atoms with Crippen molar-refractivity contribution in [2.45, 2.75) is 20.8 Å². The summed E-state index contributed by atoms with van der Waals surface area (Å²) in [5.74, 6) is 0. The number of aromatic amines is 1. The molecular weight excluding hydrogens is 172 g/mol. The van der Waals surface area contributed by atoms with Crippen LogP contribution in [0.15, 0.2) is 24.4 Å². The number of nitrogens with zero attached hydrogens (tertiary/aromatic N) is 1. The number of hydrogen-bond acceptors (Lipinski definition) is 1. The summed E-state index contributed by atoms with van der Waals surface area (Å²) < 4.78 is 0. The number of rotatable bonds is 0. The smallest absolute Gasteiger partial charge is 0.0998 e. The van der Waals surface area contributed by atoms with E-state index < -0.39 is 0 Å². The fraction of sp³-hybridized carbons (Fsp3) is 0.250. The summed E-state index contributed by atoms with van der Waals surface area (Å²) in [6.07, 6.45) is 1.85. The van der Waals surface area contributed by atoms with Crippen LogP contribution >= 0.6 is 0 Å². The molecule has 0 bridgehead atoms. The van der Waals surface area contributed by atoms with Crippen LogP contribution in [-0.4, -0.2) is 4.98 Å². The van der Waals surface area contributed by atoms with E-state index in [1.165, 1.54) is 0 Å². The van der Waals surface area contributed by atoms with Crippen molar-refractivity contribution in [1.82, 2.24) is 4.98 Å². The molecule has 1 aromatic carbocycles. The predicted octanol–water partition coefficient (Wildman–Crippen LogP) is 3.37. The average molecular weight is 186 g/mol. The van der Waals surface area contributed by atoms with Crippen LogP contribution in [0, 0.1) is 18.3 Å². The van der Waals surface area contributed by atoms with Gasteiger partial charge in [0.2, 0.25) is 0 Å². The molecule has 0 fully saturated rings. The van der Waals surface area contributed by atoms with Gasteiger partial charge in [0.25, 0.3) is 0 Å². The summed E-state index contributed by atoms with van der Waals surface area (Å²) in [6.45, 7) is 5.99. The van der Waals surface area contributed by atoms with Gasteiger partial charge in [0, 0.05) is 17.1 Å². The number of nitrogens with one attached hydrogen (secondary N) is 1.